The maximum Gasteiger partial charge on any atom is 0.225 e. The minimum atomic E-state index is -0.255. The second-order valence-corrected chi connectivity index (χ2v) is 7.21. The van der Waals surface area contributed by atoms with Crippen molar-refractivity contribution in [2.24, 2.45) is 0 Å². The fourth-order valence-corrected chi connectivity index (χ4v) is 4.12. The highest BCUT2D eigenvalue weighted by molar-refractivity contribution is 7.13. The summed E-state index contributed by atoms with van der Waals surface area (Å²) < 4.78 is 6.28. The Hall–Kier alpha value is -1.73. The molecule has 1 saturated heterocycles. The number of hydrogen-bond acceptors (Lipinski definition) is 7. The van der Waals surface area contributed by atoms with Gasteiger partial charge in [0.2, 0.25) is 5.95 Å². The van der Waals surface area contributed by atoms with Crippen molar-refractivity contribution in [2.75, 3.05) is 43.6 Å². The van der Waals surface area contributed by atoms with Gasteiger partial charge in [-0.1, -0.05) is 0 Å². The highest BCUT2D eigenvalue weighted by atomic mass is 32.1. The van der Waals surface area contributed by atoms with Crippen LogP contribution in [0.5, 0.6) is 0 Å². The van der Waals surface area contributed by atoms with E-state index in [0.29, 0.717) is 0 Å². The van der Waals surface area contributed by atoms with E-state index in [0.717, 1.165) is 55.7 Å². The normalized spacial score (nSPS) is 19.7. The highest BCUT2D eigenvalue weighted by Crippen LogP contribution is 2.41. The molecule has 0 aromatic carbocycles. The van der Waals surface area contributed by atoms with E-state index in [-0.39, 0.29) is 5.60 Å². The van der Waals surface area contributed by atoms with Crippen LogP contribution in [0.15, 0.2) is 17.8 Å². The standard InChI is InChI=1S/C16H21N5OS/c1-20(2)14-18-11-12-3-9-22-16(13(12)19-14)4-7-21(8-5-16)15-17-6-10-23-15/h6,10-11H,3-5,7-9H2,1-2H3. The quantitative estimate of drug-likeness (QED) is 0.840. The Morgan fingerprint density at radius 3 is 2.78 bits per heavy atom. The van der Waals surface area contributed by atoms with E-state index in [4.69, 9.17) is 9.72 Å². The summed E-state index contributed by atoms with van der Waals surface area (Å²) in [7, 11) is 3.95. The van der Waals surface area contributed by atoms with Crippen LogP contribution < -0.4 is 9.80 Å². The predicted molar refractivity (Wildman–Crippen MR) is 91.3 cm³/mol. The molecule has 0 unspecified atom stereocenters. The molecule has 0 amide bonds. The molecular formula is C16H21N5OS. The first-order valence-corrected chi connectivity index (χ1v) is 8.88. The van der Waals surface area contributed by atoms with Crippen molar-refractivity contribution in [3.8, 4) is 0 Å². The molecule has 122 valence electrons. The molecule has 23 heavy (non-hydrogen) atoms. The molecule has 0 N–H and O–H groups in total. The Morgan fingerprint density at radius 2 is 2.09 bits per heavy atom. The number of hydrogen-bond donors (Lipinski definition) is 0. The maximum atomic E-state index is 6.28. The second-order valence-electron chi connectivity index (χ2n) is 6.33. The van der Waals surface area contributed by atoms with Crippen molar-refractivity contribution in [1.29, 1.82) is 0 Å². The molecule has 2 aromatic heterocycles. The third-order valence-corrected chi connectivity index (χ3v) is 5.53. The lowest BCUT2D eigenvalue weighted by atomic mass is 9.83. The van der Waals surface area contributed by atoms with Gasteiger partial charge in [-0.05, 0) is 24.8 Å². The SMILES string of the molecule is CN(C)c1ncc2c(n1)C1(CCN(c3nccs3)CC1)OCC2. The van der Waals surface area contributed by atoms with E-state index < -0.39 is 0 Å². The third-order valence-electron chi connectivity index (χ3n) is 4.69. The van der Waals surface area contributed by atoms with Crippen LogP contribution in [-0.4, -0.2) is 48.7 Å². The Labute approximate surface area is 140 Å². The third kappa shape index (κ3) is 2.57. The van der Waals surface area contributed by atoms with Crippen molar-refractivity contribution in [3.05, 3.63) is 29.0 Å². The van der Waals surface area contributed by atoms with Crippen LogP contribution in [-0.2, 0) is 16.8 Å². The van der Waals surface area contributed by atoms with Crippen molar-refractivity contribution in [1.82, 2.24) is 15.0 Å². The Bertz CT molecular complexity index is 680. The molecular weight excluding hydrogens is 310 g/mol. The zero-order chi connectivity index (χ0) is 15.9. The lowest BCUT2D eigenvalue weighted by Crippen LogP contribution is -2.47. The molecule has 2 aromatic rings. The van der Waals surface area contributed by atoms with Gasteiger partial charge in [0, 0.05) is 45.0 Å². The van der Waals surface area contributed by atoms with Gasteiger partial charge in [0.15, 0.2) is 5.13 Å². The van der Waals surface area contributed by atoms with Crippen molar-refractivity contribution < 1.29 is 4.74 Å². The van der Waals surface area contributed by atoms with Crippen LogP contribution in [0, 0.1) is 0 Å². The van der Waals surface area contributed by atoms with Gasteiger partial charge >= 0.3 is 0 Å². The van der Waals surface area contributed by atoms with Crippen LogP contribution in [0.1, 0.15) is 24.1 Å². The summed E-state index contributed by atoms with van der Waals surface area (Å²) in [6.07, 6.45) is 6.65. The predicted octanol–water partition coefficient (Wildman–Crippen LogP) is 2.07. The first-order chi connectivity index (χ1) is 11.2. The average molecular weight is 331 g/mol. The molecule has 4 rings (SSSR count). The van der Waals surface area contributed by atoms with Gasteiger partial charge in [0.05, 0.1) is 12.3 Å². The molecule has 1 fully saturated rings. The fraction of sp³-hybridized carbons (Fsp3) is 0.562. The van der Waals surface area contributed by atoms with Gasteiger partial charge in [0.1, 0.15) is 5.60 Å². The van der Waals surface area contributed by atoms with E-state index in [1.165, 1.54) is 5.56 Å². The van der Waals surface area contributed by atoms with E-state index in [2.05, 4.69) is 14.9 Å². The molecule has 2 aliphatic rings. The number of nitrogens with zero attached hydrogens (tertiary/aromatic N) is 5. The van der Waals surface area contributed by atoms with Gasteiger partial charge in [-0.15, -0.1) is 11.3 Å². The Balaban J connectivity index is 1.62. The zero-order valence-corrected chi connectivity index (χ0v) is 14.3. The molecule has 6 nitrogen and oxygen atoms in total. The summed E-state index contributed by atoms with van der Waals surface area (Å²) in [6, 6.07) is 0. The monoisotopic (exact) mass is 331 g/mol. The topological polar surface area (TPSA) is 54.4 Å². The Kier molecular flexibility index (Phi) is 3.69. The van der Waals surface area contributed by atoms with Crippen LogP contribution in [0.2, 0.25) is 0 Å². The molecule has 7 heteroatoms. The van der Waals surface area contributed by atoms with Crippen LogP contribution in [0.3, 0.4) is 0 Å². The maximum absolute atomic E-state index is 6.28. The summed E-state index contributed by atoms with van der Waals surface area (Å²) >= 11 is 1.70. The van der Waals surface area contributed by atoms with Crippen molar-refractivity contribution in [2.45, 2.75) is 24.9 Å². The zero-order valence-electron chi connectivity index (χ0n) is 13.5. The number of anilines is 2. The van der Waals surface area contributed by atoms with Crippen molar-refractivity contribution in [3.63, 3.8) is 0 Å². The fourth-order valence-electron chi connectivity index (χ4n) is 3.43. The number of aromatic nitrogens is 3. The highest BCUT2D eigenvalue weighted by Gasteiger charge is 2.43. The molecule has 4 heterocycles. The minimum absolute atomic E-state index is 0.255. The van der Waals surface area contributed by atoms with Crippen LogP contribution >= 0.6 is 11.3 Å². The largest absolute Gasteiger partial charge is 0.368 e. The molecule has 0 radical (unpaired) electrons. The molecule has 0 aliphatic carbocycles. The summed E-state index contributed by atoms with van der Waals surface area (Å²) in [6.45, 7) is 2.66. The molecule has 2 aliphatic heterocycles. The van der Waals surface area contributed by atoms with Gasteiger partial charge in [-0.25, -0.2) is 15.0 Å². The average Bonchev–Trinajstić information content (AvgIpc) is 3.10. The van der Waals surface area contributed by atoms with Crippen LogP contribution in [0.25, 0.3) is 0 Å². The van der Waals surface area contributed by atoms with E-state index in [1.807, 2.05) is 36.8 Å². The van der Waals surface area contributed by atoms with Crippen molar-refractivity contribution >= 4 is 22.4 Å². The molecule has 0 atom stereocenters. The summed E-state index contributed by atoms with van der Waals surface area (Å²) in [5.74, 6) is 0.760. The lowest BCUT2D eigenvalue weighted by molar-refractivity contribution is -0.0801. The van der Waals surface area contributed by atoms with E-state index in [9.17, 15) is 0 Å². The van der Waals surface area contributed by atoms with Gasteiger partial charge in [-0.2, -0.15) is 0 Å². The summed E-state index contributed by atoms with van der Waals surface area (Å²) in [5.41, 5.74) is 2.08. The number of fused-ring (bicyclic) bond motifs is 2. The molecule has 0 saturated carbocycles. The van der Waals surface area contributed by atoms with E-state index in [1.54, 1.807) is 11.3 Å². The van der Waals surface area contributed by atoms with E-state index >= 15 is 0 Å². The summed E-state index contributed by atoms with van der Waals surface area (Å²) in [5, 5.41) is 3.13. The molecule has 1 spiro atoms. The smallest absolute Gasteiger partial charge is 0.225 e. The molecule has 0 bridgehead atoms. The second kappa shape index (κ2) is 5.72. The van der Waals surface area contributed by atoms with Crippen LogP contribution in [0.4, 0.5) is 11.1 Å². The summed E-state index contributed by atoms with van der Waals surface area (Å²) in [4.78, 5) is 18.0. The lowest BCUT2D eigenvalue weighted by Gasteiger charge is -2.44. The number of thiazole rings is 1. The Morgan fingerprint density at radius 1 is 1.26 bits per heavy atom. The number of ether oxygens (including phenoxy) is 1. The first-order valence-electron chi connectivity index (χ1n) is 8.00. The van der Waals surface area contributed by atoms with Gasteiger partial charge in [0.25, 0.3) is 0 Å². The number of piperidine rings is 1. The van der Waals surface area contributed by atoms with Gasteiger partial charge in [-0.3, -0.25) is 0 Å². The van der Waals surface area contributed by atoms with Gasteiger partial charge < -0.3 is 14.5 Å². The first kappa shape index (κ1) is 14.8. The number of rotatable bonds is 2. The minimum Gasteiger partial charge on any atom is -0.368 e.